The van der Waals surface area contributed by atoms with Crippen molar-refractivity contribution in [2.45, 2.75) is 24.0 Å². The van der Waals surface area contributed by atoms with Crippen LogP contribution in [-0.4, -0.2) is 23.0 Å². The maximum atomic E-state index is 13.6. The van der Waals surface area contributed by atoms with Crippen molar-refractivity contribution in [2.24, 2.45) is 0 Å². The first-order valence-corrected chi connectivity index (χ1v) is 15.4. The van der Waals surface area contributed by atoms with Gasteiger partial charge < -0.3 is 16.0 Å². The Hall–Kier alpha value is -5.40. The summed E-state index contributed by atoms with van der Waals surface area (Å²) in [7, 11) is 0. The minimum atomic E-state index is -0.473. The molecule has 0 bridgehead atoms. The summed E-state index contributed by atoms with van der Waals surface area (Å²) >= 11 is 1.39. The molecule has 0 spiro atoms. The number of anilines is 2. The standard InChI is InChI=1S/C38H33N3O3S/c1-26-11-9-16-32(23-26)39-36(42)27(2)45-34-18-10-17-33(25-34)40-38(44)35(41-37(43)31-14-7-4-8-15-31)24-28-19-21-30(22-20-28)29-12-5-3-6-13-29/h3-25,27H,1-2H3,(H,39,42)(H,40,44)(H,41,43)/b35-24+. The topological polar surface area (TPSA) is 87.3 Å². The van der Waals surface area contributed by atoms with Gasteiger partial charge in [0.15, 0.2) is 0 Å². The lowest BCUT2D eigenvalue weighted by molar-refractivity contribution is -0.115. The number of benzene rings is 5. The van der Waals surface area contributed by atoms with Crippen LogP contribution < -0.4 is 16.0 Å². The van der Waals surface area contributed by atoms with Crippen LogP contribution in [0.15, 0.2) is 144 Å². The summed E-state index contributed by atoms with van der Waals surface area (Å²) < 4.78 is 0. The molecule has 0 heterocycles. The Balaban J connectivity index is 1.32. The van der Waals surface area contributed by atoms with E-state index in [1.807, 2.05) is 117 Å². The molecular weight excluding hydrogens is 579 g/mol. The maximum Gasteiger partial charge on any atom is 0.272 e. The van der Waals surface area contributed by atoms with Gasteiger partial charge in [-0.05, 0) is 84.6 Å². The van der Waals surface area contributed by atoms with Crippen LogP contribution in [0.3, 0.4) is 0 Å². The second-order valence-corrected chi connectivity index (χ2v) is 11.9. The summed E-state index contributed by atoms with van der Waals surface area (Å²) in [6.07, 6.45) is 1.65. The number of carbonyl (C=O) groups is 3. The number of thioether (sulfide) groups is 1. The Kier molecular flexibility index (Phi) is 10.2. The third kappa shape index (κ3) is 8.81. The van der Waals surface area contributed by atoms with Crippen LogP contribution in [-0.2, 0) is 9.59 Å². The van der Waals surface area contributed by atoms with E-state index in [2.05, 4.69) is 16.0 Å². The molecule has 5 aromatic rings. The van der Waals surface area contributed by atoms with E-state index < -0.39 is 11.8 Å². The maximum absolute atomic E-state index is 13.6. The Labute approximate surface area is 267 Å². The number of amides is 3. The predicted octanol–water partition coefficient (Wildman–Crippen LogP) is 8.19. The van der Waals surface area contributed by atoms with Crippen molar-refractivity contribution < 1.29 is 14.4 Å². The summed E-state index contributed by atoms with van der Waals surface area (Å²) in [4.78, 5) is 40.3. The number of hydrogen-bond donors (Lipinski definition) is 3. The Morgan fingerprint density at radius 1 is 0.667 bits per heavy atom. The first kappa shape index (κ1) is 31.0. The molecule has 0 aromatic heterocycles. The van der Waals surface area contributed by atoms with Gasteiger partial charge in [0.05, 0.1) is 5.25 Å². The number of aryl methyl sites for hydroxylation is 1. The van der Waals surface area contributed by atoms with Crippen molar-refractivity contribution in [2.75, 3.05) is 10.6 Å². The summed E-state index contributed by atoms with van der Waals surface area (Å²) in [6, 6.07) is 41.5. The van der Waals surface area contributed by atoms with Crippen LogP contribution in [0.25, 0.3) is 17.2 Å². The van der Waals surface area contributed by atoms with Gasteiger partial charge in [-0.25, -0.2) is 0 Å². The van der Waals surface area contributed by atoms with Gasteiger partial charge >= 0.3 is 0 Å². The van der Waals surface area contributed by atoms with Gasteiger partial charge in [0, 0.05) is 21.8 Å². The van der Waals surface area contributed by atoms with E-state index in [1.165, 1.54) is 11.8 Å². The van der Waals surface area contributed by atoms with Crippen LogP contribution in [0, 0.1) is 6.92 Å². The summed E-state index contributed by atoms with van der Waals surface area (Å²) in [5.74, 6) is -0.985. The van der Waals surface area contributed by atoms with E-state index in [-0.39, 0.29) is 16.9 Å². The largest absolute Gasteiger partial charge is 0.325 e. The normalized spacial score (nSPS) is 11.7. The minimum Gasteiger partial charge on any atom is -0.325 e. The molecule has 1 atom stereocenters. The molecule has 5 rings (SSSR count). The number of hydrogen-bond acceptors (Lipinski definition) is 4. The van der Waals surface area contributed by atoms with Gasteiger partial charge in [-0.3, -0.25) is 14.4 Å². The van der Waals surface area contributed by atoms with E-state index in [9.17, 15) is 14.4 Å². The molecule has 0 aliphatic heterocycles. The quantitative estimate of drug-likeness (QED) is 0.110. The molecule has 3 N–H and O–H groups in total. The molecule has 3 amide bonds. The van der Waals surface area contributed by atoms with Crippen LogP contribution in [0.5, 0.6) is 0 Å². The van der Waals surface area contributed by atoms with Crippen molar-refractivity contribution in [3.63, 3.8) is 0 Å². The molecule has 0 saturated carbocycles. The molecule has 7 heteroatoms. The number of rotatable bonds is 10. The third-order valence-corrected chi connectivity index (χ3v) is 8.01. The fourth-order valence-corrected chi connectivity index (χ4v) is 5.51. The van der Waals surface area contributed by atoms with Crippen molar-refractivity contribution in [1.82, 2.24) is 5.32 Å². The predicted molar refractivity (Wildman–Crippen MR) is 184 cm³/mol. The van der Waals surface area contributed by atoms with Gasteiger partial charge in [0.25, 0.3) is 11.8 Å². The molecular formula is C38H33N3O3S. The molecule has 5 aromatic carbocycles. The lowest BCUT2D eigenvalue weighted by atomic mass is 10.0. The van der Waals surface area contributed by atoms with Crippen LogP contribution in [0.2, 0.25) is 0 Å². The van der Waals surface area contributed by atoms with E-state index in [1.54, 1.807) is 36.4 Å². The highest BCUT2D eigenvalue weighted by Gasteiger charge is 2.17. The first-order valence-electron chi connectivity index (χ1n) is 14.5. The molecule has 0 saturated heterocycles. The Morgan fingerprint density at radius 3 is 1.98 bits per heavy atom. The van der Waals surface area contributed by atoms with E-state index in [0.717, 1.165) is 32.8 Å². The van der Waals surface area contributed by atoms with Gasteiger partial charge in [-0.15, -0.1) is 11.8 Å². The molecule has 0 fully saturated rings. The highest BCUT2D eigenvalue weighted by Crippen LogP contribution is 2.27. The average Bonchev–Trinajstić information content (AvgIpc) is 3.05. The third-order valence-electron chi connectivity index (χ3n) is 6.92. The number of nitrogens with one attached hydrogen (secondary N) is 3. The lowest BCUT2D eigenvalue weighted by Gasteiger charge is -2.14. The fraction of sp³-hybridized carbons (Fsp3) is 0.0789. The van der Waals surface area contributed by atoms with Crippen molar-refractivity contribution in [3.8, 4) is 11.1 Å². The van der Waals surface area contributed by atoms with Crippen molar-refractivity contribution in [3.05, 3.63) is 156 Å². The first-order chi connectivity index (χ1) is 21.8. The lowest BCUT2D eigenvalue weighted by Crippen LogP contribution is -2.30. The average molecular weight is 612 g/mol. The van der Waals surface area contributed by atoms with E-state index >= 15 is 0 Å². The Morgan fingerprint density at radius 2 is 1.29 bits per heavy atom. The zero-order valence-electron chi connectivity index (χ0n) is 25.0. The number of carbonyl (C=O) groups excluding carboxylic acids is 3. The van der Waals surface area contributed by atoms with Crippen LogP contribution >= 0.6 is 11.8 Å². The van der Waals surface area contributed by atoms with Gasteiger partial charge in [0.1, 0.15) is 5.70 Å². The smallest absolute Gasteiger partial charge is 0.272 e. The molecule has 0 radical (unpaired) electrons. The van der Waals surface area contributed by atoms with Crippen molar-refractivity contribution >= 4 is 46.9 Å². The van der Waals surface area contributed by atoms with E-state index in [0.29, 0.717) is 11.3 Å². The molecule has 0 aliphatic carbocycles. The zero-order valence-corrected chi connectivity index (χ0v) is 25.8. The molecule has 6 nitrogen and oxygen atoms in total. The second-order valence-electron chi connectivity index (χ2n) is 10.5. The molecule has 1 unspecified atom stereocenters. The van der Waals surface area contributed by atoms with E-state index in [4.69, 9.17) is 0 Å². The fourth-order valence-electron chi connectivity index (χ4n) is 4.58. The summed E-state index contributed by atoms with van der Waals surface area (Å²) in [5, 5.41) is 8.27. The SMILES string of the molecule is Cc1cccc(NC(=O)C(C)Sc2cccc(NC(=O)/C(=C\c3ccc(-c4ccccc4)cc3)NC(=O)c3ccccc3)c2)c1. The van der Waals surface area contributed by atoms with Gasteiger partial charge in [0.2, 0.25) is 5.91 Å². The second kappa shape index (κ2) is 14.9. The van der Waals surface area contributed by atoms with Crippen molar-refractivity contribution in [1.29, 1.82) is 0 Å². The summed E-state index contributed by atoms with van der Waals surface area (Å²) in [6.45, 7) is 3.81. The molecule has 224 valence electrons. The Bertz CT molecular complexity index is 1820. The molecule has 45 heavy (non-hydrogen) atoms. The van der Waals surface area contributed by atoms with Crippen LogP contribution in [0.4, 0.5) is 11.4 Å². The van der Waals surface area contributed by atoms with Gasteiger partial charge in [-0.2, -0.15) is 0 Å². The van der Waals surface area contributed by atoms with Gasteiger partial charge in [-0.1, -0.05) is 91.0 Å². The minimum absolute atomic E-state index is 0.0975. The highest BCUT2D eigenvalue weighted by molar-refractivity contribution is 8.00. The monoisotopic (exact) mass is 611 g/mol. The zero-order chi connectivity index (χ0) is 31.6. The molecule has 0 aliphatic rings. The van der Waals surface area contributed by atoms with Crippen LogP contribution in [0.1, 0.15) is 28.4 Å². The summed E-state index contributed by atoms with van der Waals surface area (Å²) in [5.41, 5.74) is 5.77. The highest BCUT2D eigenvalue weighted by atomic mass is 32.2.